The van der Waals surface area contributed by atoms with E-state index in [0.717, 1.165) is 31.6 Å². The summed E-state index contributed by atoms with van der Waals surface area (Å²) in [6.07, 6.45) is 2.18. The second kappa shape index (κ2) is 10.2. The average Bonchev–Trinajstić information content (AvgIpc) is 3.31. The highest BCUT2D eigenvalue weighted by molar-refractivity contribution is 5.80. The number of nitrogens with one attached hydrogen (secondary N) is 2. The first-order valence-electron chi connectivity index (χ1n) is 9.96. The lowest BCUT2D eigenvalue weighted by Crippen LogP contribution is -2.46. The summed E-state index contributed by atoms with van der Waals surface area (Å²) in [5.41, 5.74) is 0. The highest BCUT2D eigenvalue weighted by Gasteiger charge is 2.34. The Bertz CT molecular complexity index is 601. The van der Waals surface area contributed by atoms with Crippen LogP contribution < -0.4 is 10.6 Å². The molecule has 2 N–H and O–H groups in total. The Balaban J connectivity index is 1.51. The van der Waals surface area contributed by atoms with E-state index < -0.39 is 12.7 Å². The highest BCUT2D eigenvalue weighted by Crippen LogP contribution is 2.20. The lowest BCUT2D eigenvalue weighted by atomic mass is 10.1. The Hall–Kier alpha value is -1.74. The van der Waals surface area contributed by atoms with Crippen LogP contribution in [-0.4, -0.2) is 68.5 Å². The van der Waals surface area contributed by atoms with Crippen molar-refractivity contribution >= 4 is 5.96 Å². The molecule has 0 amide bonds. The molecule has 2 saturated heterocycles. The zero-order valence-electron chi connectivity index (χ0n) is 16.0. The molecule has 2 unspecified atom stereocenters. The minimum absolute atomic E-state index is 0.0514. The fraction of sp³-hybridized carbons (Fsp3) is 0.737. The van der Waals surface area contributed by atoms with Gasteiger partial charge in [-0.15, -0.1) is 0 Å². The normalized spacial score (nSPS) is 24.5. The summed E-state index contributed by atoms with van der Waals surface area (Å²) in [4.78, 5) is 6.06. The van der Waals surface area contributed by atoms with E-state index in [2.05, 4.69) is 15.6 Å². The van der Waals surface area contributed by atoms with Crippen molar-refractivity contribution in [1.82, 2.24) is 15.5 Å². The molecule has 0 aromatic carbocycles. The molecule has 3 heterocycles. The van der Waals surface area contributed by atoms with E-state index in [4.69, 9.17) is 9.15 Å². The maximum absolute atomic E-state index is 12.6. The smallest absolute Gasteiger partial charge is 0.401 e. The lowest BCUT2D eigenvalue weighted by molar-refractivity contribution is -0.143. The van der Waals surface area contributed by atoms with E-state index in [9.17, 15) is 13.2 Å². The van der Waals surface area contributed by atoms with Crippen molar-refractivity contribution in [2.24, 2.45) is 4.99 Å². The molecule has 0 bridgehead atoms. The van der Waals surface area contributed by atoms with Crippen molar-refractivity contribution < 1.29 is 22.3 Å². The van der Waals surface area contributed by atoms with Gasteiger partial charge in [0, 0.05) is 38.7 Å². The van der Waals surface area contributed by atoms with Crippen LogP contribution in [0.3, 0.4) is 0 Å². The number of aliphatic imine (C=N–C) groups is 1. The number of ether oxygens (including phenoxy) is 1. The average molecular weight is 402 g/mol. The molecule has 6 nitrogen and oxygen atoms in total. The number of hydrogen-bond donors (Lipinski definition) is 2. The summed E-state index contributed by atoms with van der Waals surface area (Å²) in [6, 6.07) is 3.70. The number of halogens is 3. The first-order valence-corrected chi connectivity index (χ1v) is 9.96. The van der Waals surface area contributed by atoms with Gasteiger partial charge in [0.1, 0.15) is 5.76 Å². The Morgan fingerprint density at radius 2 is 2.18 bits per heavy atom. The molecule has 2 aliphatic heterocycles. The van der Waals surface area contributed by atoms with E-state index in [1.165, 1.54) is 4.90 Å². The standard InChI is InChI=1S/C19H29F3N4O2/c20-19(21,22)14-26-9-7-15(13-26)25-18(23-8-6-16-5-3-11-27-16)24-12-17-4-1-2-10-28-17/h3,5,11,15,17H,1-2,4,6-10,12-14H2,(H2,23,24,25). The molecule has 9 heteroatoms. The van der Waals surface area contributed by atoms with Crippen molar-refractivity contribution in [3.63, 3.8) is 0 Å². The van der Waals surface area contributed by atoms with Gasteiger partial charge in [0.05, 0.1) is 25.5 Å². The Kier molecular flexibility index (Phi) is 7.61. The van der Waals surface area contributed by atoms with Crippen LogP contribution in [0.2, 0.25) is 0 Å². The number of likely N-dealkylation sites (tertiary alicyclic amines) is 1. The predicted octanol–water partition coefficient (Wildman–Crippen LogP) is 2.56. The molecule has 0 aliphatic carbocycles. The number of nitrogens with zero attached hydrogens (tertiary/aromatic N) is 2. The largest absolute Gasteiger partial charge is 0.469 e. The molecule has 0 saturated carbocycles. The summed E-state index contributed by atoms with van der Waals surface area (Å²) >= 11 is 0. The predicted molar refractivity (Wildman–Crippen MR) is 100 cm³/mol. The SMILES string of the molecule is FC(F)(F)CN1CCC(NC(=NCC2CCCCO2)NCCc2ccco2)C1. The van der Waals surface area contributed by atoms with Crippen molar-refractivity contribution in [2.75, 3.05) is 39.3 Å². The summed E-state index contributed by atoms with van der Waals surface area (Å²) in [5, 5.41) is 6.57. The van der Waals surface area contributed by atoms with Crippen LogP contribution >= 0.6 is 0 Å². The van der Waals surface area contributed by atoms with Crippen molar-refractivity contribution in [1.29, 1.82) is 0 Å². The number of rotatable bonds is 7. The van der Waals surface area contributed by atoms with Crippen LogP contribution in [0, 0.1) is 0 Å². The van der Waals surface area contributed by atoms with Gasteiger partial charge in [-0.3, -0.25) is 9.89 Å². The third-order valence-electron chi connectivity index (χ3n) is 4.99. The lowest BCUT2D eigenvalue weighted by Gasteiger charge is -2.23. The fourth-order valence-corrected chi connectivity index (χ4v) is 3.60. The Labute approximate surface area is 163 Å². The summed E-state index contributed by atoms with van der Waals surface area (Å²) in [6.45, 7) is 1.88. The van der Waals surface area contributed by atoms with Gasteiger partial charge >= 0.3 is 6.18 Å². The van der Waals surface area contributed by atoms with E-state index >= 15 is 0 Å². The first kappa shape index (κ1) is 21.0. The number of alkyl halides is 3. The van der Waals surface area contributed by atoms with Crippen LogP contribution in [0.15, 0.2) is 27.8 Å². The molecular weight excluding hydrogens is 373 g/mol. The fourth-order valence-electron chi connectivity index (χ4n) is 3.60. The van der Waals surface area contributed by atoms with Crippen LogP contribution in [-0.2, 0) is 11.2 Å². The Morgan fingerprint density at radius 1 is 1.29 bits per heavy atom. The van der Waals surface area contributed by atoms with E-state index in [-0.39, 0.29) is 12.1 Å². The van der Waals surface area contributed by atoms with Gasteiger partial charge in [-0.2, -0.15) is 13.2 Å². The van der Waals surface area contributed by atoms with Gasteiger partial charge in [0.15, 0.2) is 5.96 Å². The molecule has 1 aromatic heterocycles. The summed E-state index contributed by atoms with van der Waals surface area (Å²) in [7, 11) is 0. The third-order valence-corrected chi connectivity index (χ3v) is 4.99. The second-order valence-corrected chi connectivity index (χ2v) is 7.41. The molecule has 0 radical (unpaired) electrons. The number of furan rings is 1. The first-order chi connectivity index (χ1) is 13.5. The van der Waals surface area contributed by atoms with Crippen molar-refractivity contribution in [3.05, 3.63) is 24.2 Å². The second-order valence-electron chi connectivity index (χ2n) is 7.41. The minimum atomic E-state index is -4.16. The van der Waals surface area contributed by atoms with E-state index in [0.29, 0.717) is 45.0 Å². The van der Waals surface area contributed by atoms with Gasteiger partial charge < -0.3 is 19.8 Å². The van der Waals surface area contributed by atoms with Crippen LogP contribution in [0.1, 0.15) is 31.4 Å². The molecule has 2 fully saturated rings. The van der Waals surface area contributed by atoms with Crippen molar-refractivity contribution in [3.8, 4) is 0 Å². The van der Waals surface area contributed by atoms with Crippen LogP contribution in [0.4, 0.5) is 13.2 Å². The molecule has 2 atom stereocenters. The number of hydrogen-bond acceptors (Lipinski definition) is 4. The van der Waals surface area contributed by atoms with Gasteiger partial charge in [0.2, 0.25) is 0 Å². The topological polar surface area (TPSA) is 62.0 Å². The molecule has 0 spiro atoms. The molecule has 3 rings (SSSR count). The van der Waals surface area contributed by atoms with Gasteiger partial charge in [0.25, 0.3) is 0 Å². The molecule has 28 heavy (non-hydrogen) atoms. The molecular formula is C19H29F3N4O2. The molecule has 2 aliphatic rings. The van der Waals surface area contributed by atoms with Crippen LogP contribution in [0.5, 0.6) is 0 Å². The highest BCUT2D eigenvalue weighted by atomic mass is 19.4. The van der Waals surface area contributed by atoms with E-state index in [1.807, 2.05) is 12.1 Å². The maximum atomic E-state index is 12.6. The van der Waals surface area contributed by atoms with Gasteiger partial charge in [-0.25, -0.2) is 0 Å². The Morgan fingerprint density at radius 3 is 2.89 bits per heavy atom. The van der Waals surface area contributed by atoms with Crippen molar-refractivity contribution in [2.45, 2.75) is 50.4 Å². The third kappa shape index (κ3) is 7.35. The summed E-state index contributed by atoms with van der Waals surface area (Å²) < 4.78 is 48.9. The van der Waals surface area contributed by atoms with E-state index in [1.54, 1.807) is 6.26 Å². The molecule has 158 valence electrons. The maximum Gasteiger partial charge on any atom is 0.401 e. The minimum Gasteiger partial charge on any atom is -0.469 e. The zero-order valence-corrected chi connectivity index (χ0v) is 16.0. The molecule has 1 aromatic rings. The quantitative estimate of drug-likeness (QED) is 0.542. The summed E-state index contributed by atoms with van der Waals surface area (Å²) in [5.74, 6) is 1.50. The number of guanidine groups is 1. The monoisotopic (exact) mass is 402 g/mol. The van der Waals surface area contributed by atoms with Gasteiger partial charge in [-0.05, 0) is 37.8 Å². The van der Waals surface area contributed by atoms with Gasteiger partial charge in [-0.1, -0.05) is 0 Å². The zero-order chi connectivity index (χ0) is 19.8. The van der Waals surface area contributed by atoms with Crippen LogP contribution in [0.25, 0.3) is 0 Å².